The molecule has 4 aromatic rings. The van der Waals surface area contributed by atoms with Gasteiger partial charge in [-0.1, -0.05) is 57.9 Å². The van der Waals surface area contributed by atoms with Crippen molar-refractivity contribution in [3.05, 3.63) is 105 Å². The van der Waals surface area contributed by atoms with Crippen molar-refractivity contribution in [3.8, 4) is 17.0 Å². The smallest absolute Gasteiger partial charge is 0.289 e. The average Bonchev–Trinajstić information content (AvgIpc) is 3.29. The van der Waals surface area contributed by atoms with E-state index in [1.165, 1.54) is 0 Å². The number of H-pyrrole nitrogens is 1. The Labute approximate surface area is 198 Å². The monoisotopic (exact) mass is 508 g/mol. The number of benzene rings is 3. The summed E-state index contributed by atoms with van der Waals surface area (Å²) in [5, 5.41) is 11.6. The maximum Gasteiger partial charge on any atom is 0.289 e. The van der Waals surface area contributed by atoms with Crippen LogP contribution in [0.25, 0.3) is 11.3 Å². The number of nitrogens with one attached hydrogen (secondary N) is 2. The second-order valence-electron chi connectivity index (χ2n) is 6.83. The van der Waals surface area contributed by atoms with Crippen molar-refractivity contribution in [3.63, 3.8) is 0 Å². The highest BCUT2D eigenvalue weighted by Crippen LogP contribution is 2.23. The van der Waals surface area contributed by atoms with Crippen molar-refractivity contribution in [1.29, 1.82) is 0 Å². The normalized spacial score (nSPS) is 10.9. The van der Waals surface area contributed by atoms with Crippen molar-refractivity contribution < 1.29 is 9.53 Å². The number of nitrogens with zero attached hydrogens (tertiary/aromatic N) is 2. The van der Waals surface area contributed by atoms with Gasteiger partial charge in [-0.05, 0) is 54.1 Å². The van der Waals surface area contributed by atoms with E-state index in [4.69, 9.17) is 16.3 Å². The summed E-state index contributed by atoms with van der Waals surface area (Å²) in [6.07, 6.45) is 1.57. The third kappa shape index (κ3) is 5.63. The van der Waals surface area contributed by atoms with Crippen LogP contribution in [0.2, 0.25) is 5.02 Å². The van der Waals surface area contributed by atoms with Crippen LogP contribution in [0.4, 0.5) is 0 Å². The van der Waals surface area contributed by atoms with E-state index in [-0.39, 0.29) is 5.91 Å². The lowest BCUT2D eigenvalue weighted by molar-refractivity contribution is 0.0950. The zero-order valence-electron chi connectivity index (χ0n) is 16.8. The number of carbonyl (C=O) groups is 1. The lowest BCUT2D eigenvalue weighted by atomic mass is 10.1. The molecule has 0 radical (unpaired) electrons. The van der Waals surface area contributed by atoms with Crippen LogP contribution in [0.1, 0.15) is 21.6 Å². The largest absolute Gasteiger partial charge is 0.489 e. The van der Waals surface area contributed by atoms with Crippen LogP contribution in [0.15, 0.2) is 88.4 Å². The van der Waals surface area contributed by atoms with Gasteiger partial charge in [0.25, 0.3) is 5.91 Å². The molecule has 0 aliphatic carbocycles. The Balaban J connectivity index is 1.35. The summed E-state index contributed by atoms with van der Waals surface area (Å²) >= 11 is 9.55. The van der Waals surface area contributed by atoms with E-state index in [1.807, 2.05) is 72.8 Å². The van der Waals surface area contributed by atoms with E-state index in [0.717, 1.165) is 21.2 Å². The molecule has 3 aromatic carbocycles. The maximum atomic E-state index is 12.3. The van der Waals surface area contributed by atoms with Gasteiger partial charge < -0.3 is 4.74 Å². The van der Waals surface area contributed by atoms with Crippen LogP contribution in [0.5, 0.6) is 5.75 Å². The maximum absolute atomic E-state index is 12.3. The lowest BCUT2D eigenvalue weighted by Gasteiger charge is -2.08. The van der Waals surface area contributed by atoms with Crippen LogP contribution < -0.4 is 10.2 Å². The summed E-state index contributed by atoms with van der Waals surface area (Å²) in [4.78, 5) is 12.3. The van der Waals surface area contributed by atoms with E-state index in [2.05, 4.69) is 36.7 Å². The number of aromatic amines is 1. The van der Waals surface area contributed by atoms with Gasteiger partial charge in [0.1, 0.15) is 18.1 Å². The number of hydrogen-bond acceptors (Lipinski definition) is 4. The molecule has 4 rings (SSSR count). The summed E-state index contributed by atoms with van der Waals surface area (Å²) in [7, 11) is 0. The second-order valence-corrected chi connectivity index (χ2v) is 8.15. The fourth-order valence-electron chi connectivity index (χ4n) is 2.90. The number of aromatic nitrogens is 2. The molecule has 0 bridgehead atoms. The Kier molecular flexibility index (Phi) is 6.99. The van der Waals surface area contributed by atoms with Gasteiger partial charge >= 0.3 is 0 Å². The lowest BCUT2D eigenvalue weighted by Crippen LogP contribution is -2.17. The fraction of sp³-hybridized carbons (Fsp3) is 0.0417. The molecular weight excluding hydrogens is 492 g/mol. The standard InChI is InChI=1S/C24H18BrClN4O2/c25-19-6-3-4-16(12-19)14-27-30-24(31)23-13-22(28-29-23)17-8-10-20(11-9-17)32-15-18-5-1-2-7-21(18)26/h1-14H,15H2,(H,28,29)(H,30,31)/b27-14+. The van der Waals surface area contributed by atoms with Gasteiger partial charge in [-0.25, -0.2) is 5.43 Å². The molecule has 0 spiro atoms. The Bertz CT molecular complexity index is 1250. The molecule has 0 saturated heterocycles. The summed E-state index contributed by atoms with van der Waals surface area (Å²) in [5.74, 6) is 0.332. The van der Waals surface area contributed by atoms with Crippen LogP contribution in [0.3, 0.4) is 0 Å². The van der Waals surface area contributed by atoms with E-state index in [0.29, 0.717) is 28.8 Å². The average molecular weight is 510 g/mol. The van der Waals surface area contributed by atoms with E-state index < -0.39 is 0 Å². The zero-order chi connectivity index (χ0) is 22.3. The molecule has 6 nitrogen and oxygen atoms in total. The summed E-state index contributed by atoms with van der Waals surface area (Å²) < 4.78 is 6.74. The molecule has 0 unspecified atom stereocenters. The number of ether oxygens (including phenoxy) is 1. The minimum atomic E-state index is -0.380. The molecule has 1 heterocycles. The number of halogens is 2. The Morgan fingerprint density at radius 2 is 1.91 bits per heavy atom. The molecule has 0 fully saturated rings. The molecule has 1 amide bonds. The van der Waals surface area contributed by atoms with Crippen molar-refractivity contribution in [2.24, 2.45) is 5.10 Å². The van der Waals surface area contributed by atoms with E-state index in [1.54, 1.807) is 12.3 Å². The Hall–Kier alpha value is -3.42. The summed E-state index contributed by atoms with van der Waals surface area (Å²) in [6, 6.07) is 24.3. The van der Waals surface area contributed by atoms with Gasteiger partial charge in [-0.3, -0.25) is 9.89 Å². The van der Waals surface area contributed by atoms with Gasteiger partial charge in [0.05, 0.1) is 11.9 Å². The van der Waals surface area contributed by atoms with Gasteiger partial charge in [0.15, 0.2) is 0 Å². The molecule has 0 atom stereocenters. The Morgan fingerprint density at radius 3 is 2.69 bits per heavy atom. The molecule has 0 aliphatic heterocycles. The van der Waals surface area contributed by atoms with Gasteiger partial charge in [0.2, 0.25) is 0 Å². The quantitative estimate of drug-likeness (QED) is 0.243. The molecule has 1 aromatic heterocycles. The summed E-state index contributed by atoms with van der Waals surface area (Å²) in [5.41, 5.74) is 6.08. The minimum absolute atomic E-state index is 0.311. The van der Waals surface area contributed by atoms with Crippen molar-refractivity contribution >= 4 is 39.7 Å². The third-order valence-corrected chi connectivity index (χ3v) is 5.42. The highest BCUT2D eigenvalue weighted by atomic mass is 79.9. The SMILES string of the molecule is O=C(N/N=C/c1cccc(Br)c1)c1cc(-c2ccc(OCc3ccccc3Cl)cc2)n[nH]1. The van der Waals surface area contributed by atoms with Crippen molar-refractivity contribution in [2.45, 2.75) is 6.61 Å². The number of rotatable bonds is 7. The van der Waals surface area contributed by atoms with Gasteiger partial charge in [0, 0.05) is 20.6 Å². The first-order chi connectivity index (χ1) is 15.6. The number of carbonyl (C=O) groups excluding carboxylic acids is 1. The fourth-order valence-corrected chi connectivity index (χ4v) is 3.50. The van der Waals surface area contributed by atoms with Crippen LogP contribution in [0, 0.1) is 0 Å². The number of hydrogen-bond donors (Lipinski definition) is 2. The van der Waals surface area contributed by atoms with Crippen LogP contribution in [-0.2, 0) is 6.61 Å². The molecule has 8 heteroatoms. The highest BCUT2D eigenvalue weighted by Gasteiger charge is 2.11. The van der Waals surface area contributed by atoms with Crippen molar-refractivity contribution in [2.75, 3.05) is 0 Å². The van der Waals surface area contributed by atoms with Gasteiger partial charge in [-0.2, -0.15) is 10.2 Å². The molecular formula is C24H18BrClN4O2. The molecule has 32 heavy (non-hydrogen) atoms. The Morgan fingerprint density at radius 1 is 1.09 bits per heavy atom. The molecule has 160 valence electrons. The second kappa shape index (κ2) is 10.3. The molecule has 0 aliphatic rings. The van der Waals surface area contributed by atoms with Gasteiger partial charge in [-0.15, -0.1) is 0 Å². The highest BCUT2D eigenvalue weighted by molar-refractivity contribution is 9.10. The third-order valence-electron chi connectivity index (χ3n) is 4.55. The predicted molar refractivity (Wildman–Crippen MR) is 129 cm³/mol. The first-order valence-electron chi connectivity index (χ1n) is 9.69. The molecule has 0 saturated carbocycles. The minimum Gasteiger partial charge on any atom is -0.489 e. The van der Waals surface area contributed by atoms with Crippen LogP contribution >= 0.6 is 27.5 Å². The molecule has 2 N–H and O–H groups in total. The van der Waals surface area contributed by atoms with Crippen molar-refractivity contribution in [1.82, 2.24) is 15.6 Å². The number of hydrazone groups is 1. The number of amides is 1. The first kappa shape index (κ1) is 21.8. The van der Waals surface area contributed by atoms with E-state index in [9.17, 15) is 4.79 Å². The zero-order valence-corrected chi connectivity index (χ0v) is 19.1. The summed E-state index contributed by atoms with van der Waals surface area (Å²) in [6.45, 7) is 0.381. The first-order valence-corrected chi connectivity index (χ1v) is 10.9. The predicted octanol–water partition coefficient (Wildman–Crippen LogP) is 5.84. The van der Waals surface area contributed by atoms with Crippen LogP contribution in [-0.4, -0.2) is 22.3 Å². The van der Waals surface area contributed by atoms with E-state index >= 15 is 0 Å². The topological polar surface area (TPSA) is 79.4 Å².